The molecule has 0 radical (unpaired) electrons. The molecule has 0 saturated heterocycles. The van der Waals surface area contributed by atoms with Crippen LogP contribution in [-0.4, -0.2) is 36.4 Å². The van der Waals surface area contributed by atoms with Crippen LogP contribution in [0.25, 0.3) is 0 Å². The largest absolute Gasteiger partial charge is 0.462 e. The Kier molecular flexibility index (Phi) is 57.0. The van der Waals surface area contributed by atoms with E-state index in [2.05, 4.69) is 148 Å². The van der Waals surface area contributed by atoms with Crippen molar-refractivity contribution in [3.63, 3.8) is 0 Å². The summed E-state index contributed by atoms with van der Waals surface area (Å²) in [6.45, 7) is 4.01. The van der Waals surface area contributed by atoms with Gasteiger partial charge in [-0.1, -0.05) is 257 Å². The van der Waals surface area contributed by atoms with Gasteiger partial charge in [-0.25, -0.2) is 0 Å². The van der Waals surface area contributed by atoms with Crippen LogP contribution in [0.1, 0.15) is 251 Å². The summed E-state index contributed by atoms with van der Waals surface area (Å²) in [7, 11) is 0. The first-order valence-corrected chi connectivity index (χ1v) is 29.2. The number of ether oxygens (including phenoxy) is 2. The van der Waals surface area contributed by atoms with Gasteiger partial charge in [0.05, 0.1) is 6.61 Å². The number of hydrogen-bond acceptors (Lipinski definition) is 5. The average Bonchev–Trinajstić information content (AvgIpc) is 3.37. The summed E-state index contributed by atoms with van der Waals surface area (Å²) in [4.78, 5) is 24.5. The first kappa shape index (κ1) is 67.0. The maximum Gasteiger partial charge on any atom is 0.306 e. The van der Waals surface area contributed by atoms with E-state index >= 15 is 0 Å². The van der Waals surface area contributed by atoms with Gasteiger partial charge in [-0.15, -0.1) is 0 Å². The molecular formula is C66H108O5. The van der Waals surface area contributed by atoms with E-state index in [9.17, 15) is 14.7 Å². The summed E-state index contributed by atoms with van der Waals surface area (Å²) >= 11 is 0. The Balaban J connectivity index is 3.59. The monoisotopic (exact) mass is 981 g/mol. The van der Waals surface area contributed by atoms with Gasteiger partial charge in [-0.05, 0) is 116 Å². The van der Waals surface area contributed by atoms with Crippen LogP contribution in [0.5, 0.6) is 0 Å². The molecule has 0 amide bonds. The van der Waals surface area contributed by atoms with Crippen LogP contribution in [0, 0.1) is 0 Å². The smallest absolute Gasteiger partial charge is 0.306 e. The van der Waals surface area contributed by atoms with Gasteiger partial charge in [0.2, 0.25) is 0 Å². The van der Waals surface area contributed by atoms with Crippen LogP contribution in [0.4, 0.5) is 0 Å². The van der Waals surface area contributed by atoms with Gasteiger partial charge in [0.15, 0.2) is 6.10 Å². The Hall–Kier alpha value is -3.96. The van der Waals surface area contributed by atoms with Crippen LogP contribution >= 0.6 is 0 Å². The minimum atomic E-state index is -0.785. The van der Waals surface area contributed by atoms with Crippen LogP contribution in [0.3, 0.4) is 0 Å². The topological polar surface area (TPSA) is 72.8 Å². The summed E-state index contributed by atoms with van der Waals surface area (Å²) in [6, 6.07) is 0. The minimum absolute atomic E-state index is 0.0770. The number of aliphatic hydroxyl groups excluding tert-OH is 1. The molecule has 0 heterocycles. The normalized spacial score (nSPS) is 13.2. The molecular weight excluding hydrogens is 873 g/mol. The molecule has 1 atom stereocenters. The predicted molar refractivity (Wildman–Crippen MR) is 311 cm³/mol. The summed E-state index contributed by atoms with van der Waals surface area (Å²) in [5.74, 6) is -0.608. The van der Waals surface area contributed by atoms with Crippen LogP contribution < -0.4 is 0 Å². The number of hydrogen-bond donors (Lipinski definition) is 1. The van der Waals surface area contributed by atoms with Crippen molar-refractivity contribution < 1.29 is 24.2 Å². The van der Waals surface area contributed by atoms with Crippen molar-refractivity contribution in [2.24, 2.45) is 0 Å². The molecule has 0 aromatic rings. The molecule has 5 heteroatoms. The molecule has 0 aliphatic rings. The highest BCUT2D eigenvalue weighted by molar-refractivity contribution is 5.70. The molecule has 0 rings (SSSR count). The zero-order chi connectivity index (χ0) is 51.3. The number of esters is 2. The molecule has 0 bridgehead atoms. The van der Waals surface area contributed by atoms with Crippen molar-refractivity contribution in [1.82, 2.24) is 0 Å². The zero-order valence-corrected chi connectivity index (χ0v) is 45.9. The van der Waals surface area contributed by atoms with Crippen molar-refractivity contribution >= 4 is 11.9 Å². The first-order chi connectivity index (χ1) is 35.1. The molecule has 0 aromatic carbocycles. The standard InChI is InChI=1S/C66H108O5/c1-3-5-7-9-11-13-15-17-19-21-22-23-24-25-26-27-28-29-30-31-32-33-34-35-36-37-38-39-40-41-42-43-44-45-47-49-51-53-55-57-59-61-66(69)71-64(62-67)63-70-65(68)60-58-56-54-52-50-48-46-20-18-16-14-12-10-8-6-4-2/h5,7,11,13,17,19-20,22-23,25-26,28-29,31-32,34-35,37-38,40-41,46,64,67H,3-4,6,8-10,12,14-16,18,21,24,27,30,33,36,39,42-45,47-63H2,1-2H3/b7-5-,13-11-,19-17-,23-22-,26-25-,29-28-,32-31-,35-34-,38-37-,41-40-,46-20-. The lowest BCUT2D eigenvalue weighted by Crippen LogP contribution is -2.28. The second kappa shape index (κ2) is 60.3. The summed E-state index contributed by atoms with van der Waals surface area (Å²) in [5, 5.41) is 9.64. The van der Waals surface area contributed by atoms with Crippen LogP contribution in [-0.2, 0) is 19.1 Å². The van der Waals surface area contributed by atoms with E-state index in [0.29, 0.717) is 12.8 Å². The van der Waals surface area contributed by atoms with Crippen molar-refractivity contribution in [2.75, 3.05) is 13.2 Å². The van der Waals surface area contributed by atoms with E-state index < -0.39 is 6.10 Å². The highest BCUT2D eigenvalue weighted by Crippen LogP contribution is 2.14. The molecule has 1 unspecified atom stereocenters. The highest BCUT2D eigenvalue weighted by Gasteiger charge is 2.16. The number of aliphatic hydroxyl groups is 1. The third-order valence-electron chi connectivity index (χ3n) is 12.2. The molecule has 402 valence electrons. The summed E-state index contributed by atoms with van der Waals surface area (Å²) in [5.41, 5.74) is 0. The number of rotatable bonds is 52. The Labute approximate surface area is 438 Å². The van der Waals surface area contributed by atoms with Gasteiger partial charge in [0.1, 0.15) is 6.61 Å². The predicted octanol–water partition coefficient (Wildman–Crippen LogP) is 20.0. The Bertz CT molecular complexity index is 1480. The average molecular weight is 982 g/mol. The molecule has 5 nitrogen and oxygen atoms in total. The third-order valence-corrected chi connectivity index (χ3v) is 12.2. The van der Waals surface area contributed by atoms with Gasteiger partial charge in [0, 0.05) is 12.8 Å². The SMILES string of the molecule is CC/C=C\C/C=C\C/C=C\C/C=C\C/C=C\C/C=C\C/C=C\C/C=C\C/C=C\C/C=C\CCCCCCCCCCCCC(=O)OC(CO)COC(=O)CCCCCCC/C=C\CCCCCCCCC. The van der Waals surface area contributed by atoms with Crippen LogP contribution in [0.15, 0.2) is 134 Å². The van der Waals surface area contributed by atoms with E-state index in [-0.39, 0.29) is 25.2 Å². The lowest BCUT2D eigenvalue weighted by molar-refractivity contribution is -0.161. The molecule has 0 saturated carbocycles. The third kappa shape index (κ3) is 58.5. The van der Waals surface area contributed by atoms with E-state index in [1.807, 2.05) is 0 Å². The molecule has 0 aliphatic heterocycles. The van der Waals surface area contributed by atoms with E-state index in [4.69, 9.17) is 9.47 Å². The fourth-order valence-electron chi connectivity index (χ4n) is 7.81. The van der Waals surface area contributed by atoms with E-state index in [1.165, 1.54) is 116 Å². The Morgan fingerprint density at radius 2 is 0.606 bits per heavy atom. The van der Waals surface area contributed by atoms with Crippen molar-refractivity contribution in [3.8, 4) is 0 Å². The second-order valence-electron chi connectivity index (χ2n) is 19.0. The van der Waals surface area contributed by atoms with Crippen molar-refractivity contribution in [1.29, 1.82) is 0 Å². The maximum atomic E-state index is 12.3. The summed E-state index contributed by atoms with van der Waals surface area (Å²) in [6.07, 6.45) is 90.0. The zero-order valence-electron chi connectivity index (χ0n) is 45.9. The van der Waals surface area contributed by atoms with Crippen molar-refractivity contribution in [3.05, 3.63) is 134 Å². The first-order valence-electron chi connectivity index (χ1n) is 29.2. The quantitative estimate of drug-likeness (QED) is 0.0373. The second-order valence-corrected chi connectivity index (χ2v) is 19.0. The van der Waals surface area contributed by atoms with Crippen molar-refractivity contribution in [2.45, 2.75) is 258 Å². The lowest BCUT2D eigenvalue weighted by Gasteiger charge is -2.15. The van der Waals surface area contributed by atoms with Gasteiger partial charge < -0.3 is 14.6 Å². The maximum absolute atomic E-state index is 12.3. The molecule has 0 fully saturated rings. The Morgan fingerprint density at radius 1 is 0.338 bits per heavy atom. The lowest BCUT2D eigenvalue weighted by atomic mass is 10.0. The molecule has 0 aromatic heterocycles. The minimum Gasteiger partial charge on any atom is -0.462 e. The van der Waals surface area contributed by atoms with Gasteiger partial charge in [-0.2, -0.15) is 0 Å². The number of unbranched alkanes of at least 4 members (excludes halogenated alkanes) is 22. The number of allylic oxidation sites excluding steroid dienone is 22. The highest BCUT2D eigenvalue weighted by atomic mass is 16.6. The number of carbonyl (C=O) groups excluding carboxylic acids is 2. The van der Waals surface area contributed by atoms with Gasteiger partial charge in [0.25, 0.3) is 0 Å². The Morgan fingerprint density at radius 3 is 0.930 bits per heavy atom. The number of carbonyl (C=O) groups is 2. The van der Waals surface area contributed by atoms with Crippen LogP contribution in [0.2, 0.25) is 0 Å². The molecule has 71 heavy (non-hydrogen) atoms. The van der Waals surface area contributed by atoms with E-state index in [1.54, 1.807) is 0 Å². The molecule has 1 N–H and O–H groups in total. The molecule has 0 spiro atoms. The molecule has 0 aliphatic carbocycles. The van der Waals surface area contributed by atoms with Gasteiger partial charge >= 0.3 is 11.9 Å². The van der Waals surface area contributed by atoms with E-state index in [0.717, 1.165) is 109 Å². The fraction of sp³-hybridized carbons (Fsp3) is 0.636. The fourth-order valence-corrected chi connectivity index (χ4v) is 7.81. The summed E-state index contributed by atoms with van der Waals surface area (Å²) < 4.78 is 10.7. The van der Waals surface area contributed by atoms with Gasteiger partial charge in [-0.3, -0.25) is 9.59 Å².